The van der Waals surface area contributed by atoms with Crippen LogP contribution in [0.25, 0.3) is 0 Å². The van der Waals surface area contributed by atoms with Gasteiger partial charge < -0.3 is 4.79 Å². The highest BCUT2D eigenvalue weighted by molar-refractivity contribution is 7.80. The largest absolute Gasteiger partial charge is 0.303 e. The zero-order valence-corrected chi connectivity index (χ0v) is 9.18. The van der Waals surface area contributed by atoms with Crippen molar-refractivity contribution in [3.05, 3.63) is 34.9 Å². The van der Waals surface area contributed by atoms with Gasteiger partial charge in [0.1, 0.15) is 6.29 Å². The second kappa shape index (κ2) is 8.14. The van der Waals surface area contributed by atoms with Crippen LogP contribution >= 0.6 is 24.2 Å². The van der Waals surface area contributed by atoms with E-state index >= 15 is 0 Å². The van der Waals surface area contributed by atoms with Crippen LogP contribution < -0.4 is 0 Å². The van der Waals surface area contributed by atoms with Gasteiger partial charge in [0.2, 0.25) is 0 Å². The Balaban J connectivity index is 0.000000424. The highest BCUT2D eigenvalue weighted by atomic mass is 35.5. The average Bonchev–Trinajstić information content (AvgIpc) is 2.11. The molecule has 0 saturated heterocycles. The molecule has 0 bridgehead atoms. The van der Waals surface area contributed by atoms with Crippen LogP contribution in [-0.2, 0) is 11.2 Å². The predicted octanol–water partition coefficient (Wildman–Crippen LogP) is 3.02. The molecular formula is C10H13ClOS. The molecule has 0 aliphatic carbocycles. The third kappa shape index (κ3) is 6.67. The molecule has 0 aliphatic rings. The van der Waals surface area contributed by atoms with E-state index in [1.807, 2.05) is 19.1 Å². The molecule has 72 valence electrons. The van der Waals surface area contributed by atoms with Crippen molar-refractivity contribution < 1.29 is 4.79 Å². The third-order valence-electron chi connectivity index (χ3n) is 1.23. The van der Waals surface area contributed by atoms with E-state index in [0.29, 0.717) is 11.4 Å². The van der Waals surface area contributed by atoms with Crippen molar-refractivity contribution in [2.75, 3.05) is 5.75 Å². The number of halogens is 1. The molecule has 0 aromatic heterocycles. The minimum atomic E-state index is 0.469. The fraction of sp³-hybridized carbons (Fsp3) is 0.300. The van der Waals surface area contributed by atoms with Gasteiger partial charge in [-0.1, -0.05) is 30.7 Å². The van der Waals surface area contributed by atoms with Gasteiger partial charge in [0.15, 0.2) is 0 Å². The molecule has 1 nitrogen and oxygen atoms in total. The molecule has 0 atom stereocenters. The van der Waals surface area contributed by atoms with E-state index in [9.17, 15) is 4.79 Å². The zero-order chi connectivity index (χ0) is 10.1. The average molecular weight is 217 g/mol. The number of aldehydes is 1. The van der Waals surface area contributed by atoms with E-state index in [0.717, 1.165) is 17.6 Å². The van der Waals surface area contributed by atoms with Crippen molar-refractivity contribution in [3.8, 4) is 0 Å². The molecule has 0 unspecified atom stereocenters. The Morgan fingerprint density at radius 3 is 2.23 bits per heavy atom. The molecule has 0 heterocycles. The maximum Gasteiger partial charge on any atom is 0.124 e. The SMILES string of the molecule is CCS.O=CCc1ccc(Cl)cc1. The van der Waals surface area contributed by atoms with Crippen molar-refractivity contribution in [1.82, 2.24) is 0 Å². The van der Waals surface area contributed by atoms with Crippen LogP contribution in [-0.4, -0.2) is 12.0 Å². The summed E-state index contributed by atoms with van der Waals surface area (Å²) in [5, 5.41) is 0.703. The van der Waals surface area contributed by atoms with Gasteiger partial charge in [-0.15, -0.1) is 0 Å². The summed E-state index contributed by atoms with van der Waals surface area (Å²) < 4.78 is 0. The lowest BCUT2D eigenvalue weighted by Crippen LogP contribution is -1.83. The molecule has 3 heteroatoms. The highest BCUT2D eigenvalue weighted by Gasteiger charge is 1.89. The van der Waals surface area contributed by atoms with Gasteiger partial charge in [0, 0.05) is 11.4 Å². The highest BCUT2D eigenvalue weighted by Crippen LogP contribution is 2.08. The van der Waals surface area contributed by atoms with Crippen LogP contribution in [0.15, 0.2) is 24.3 Å². The molecule has 0 saturated carbocycles. The number of carbonyl (C=O) groups is 1. The van der Waals surface area contributed by atoms with Crippen LogP contribution in [0.1, 0.15) is 12.5 Å². The van der Waals surface area contributed by atoms with Crippen LogP contribution in [0.4, 0.5) is 0 Å². The lowest BCUT2D eigenvalue weighted by Gasteiger charge is -1.92. The number of benzene rings is 1. The normalized spacial score (nSPS) is 8.54. The summed E-state index contributed by atoms with van der Waals surface area (Å²) in [7, 11) is 0. The quantitative estimate of drug-likeness (QED) is 0.594. The van der Waals surface area contributed by atoms with Gasteiger partial charge in [-0.05, 0) is 23.4 Å². The van der Waals surface area contributed by atoms with E-state index in [1.165, 1.54) is 0 Å². The van der Waals surface area contributed by atoms with Crippen LogP contribution in [0, 0.1) is 0 Å². The van der Waals surface area contributed by atoms with Crippen molar-refractivity contribution in [1.29, 1.82) is 0 Å². The van der Waals surface area contributed by atoms with Gasteiger partial charge in [-0.25, -0.2) is 0 Å². The minimum absolute atomic E-state index is 0.469. The van der Waals surface area contributed by atoms with Crippen LogP contribution in [0.3, 0.4) is 0 Å². The fourth-order valence-corrected chi connectivity index (χ4v) is 0.843. The van der Waals surface area contributed by atoms with Gasteiger partial charge >= 0.3 is 0 Å². The van der Waals surface area contributed by atoms with E-state index in [-0.39, 0.29) is 0 Å². The van der Waals surface area contributed by atoms with Gasteiger partial charge in [-0.3, -0.25) is 0 Å². The molecule has 0 amide bonds. The van der Waals surface area contributed by atoms with Crippen molar-refractivity contribution in [3.63, 3.8) is 0 Å². The van der Waals surface area contributed by atoms with Crippen molar-refractivity contribution in [2.24, 2.45) is 0 Å². The number of thiol groups is 1. The maximum absolute atomic E-state index is 10.0. The Hall–Kier alpha value is -0.470. The first-order valence-electron chi connectivity index (χ1n) is 4.03. The number of hydrogen-bond acceptors (Lipinski definition) is 2. The summed E-state index contributed by atoms with van der Waals surface area (Å²) in [6.07, 6.45) is 1.35. The predicted molar refractivity (Wildman–Crippen MR) is 60.7 cm³/mol. The van der Waals surface area contributed by atoms with Crippen molar-refractivity contribution in [2.45, 2.75) is 13.3 Å². The second-order valence-corrected chi connectivity index (χ2v) is 3.38. The molecular weight excluding hydrogens is 204 g/mol. The summed E-state index contributed by atoms with van der Waals surface area (Å²) in [6, 6.07) is 7.24. The molecule has 0 fully saturated rings. The van der Waals surface area contributed by atoms with Gasteiger partial charge in [0.05, 0.1) is 0 Å². The Morgan fingerprint density at radius 1 is 1.38 bits per heavy atom. The molecule has 1 rings (SSSR count). The summed E-state index contributed by atoms with van der Waals surface area (Å²) in [4.78, 5) is 10.0. The molecule has 0 aliphatic heterocycles. The van der Waals surface area contributed by atoms with E-state index in [4.69, 9.17) is 11.6 Å². The topological polar surface area (TPSA) is 17.1 Å². The first-order valence-corrected chi connectivity index (χ1v) is 5.04. The zero-order valence-electron chi connectivity index (χ0n) is 7.53. The standard InChI is InChI=1S/C8H7ClO.C2H6S/c9-8-3-1-7(2-4-8)5-6-10;1-2-3/h1-4,6H,5H2;3H,2H2,1H3. The molecule has 1 aromatic rings. The smallest absolute Gasteiger partial charge is 0.124 e. The Morgan fingerprint density at radius 2 is 1.85 bits per heavy atom. The van der Waals surface area contributed by atoms with Crippen LogP contribution in [0.5, 0.6) is 0 Å². The summed E-state index contributed by atoms with van der Waals surface area (Å²) >= 11 is 9.41. The Labute approximate surface area is 89.5 Å². The lowest BCUT2D eigenvalue weighted by molar-refractivity contribution is -0.107. The van der Waals surface area contributed by atoms with E-state index < -0.39 is 0 Å². The monoisotopic (exact) mass is 216 g/mol. The van der Waals surface area contributed by atoms with Crippen LogP contribution in [0.2, 0.25) is 5.02 Å². The van der Waals surface area contributed by atoms with Crippen molar-refractivity contribution >= 4 is 30.5 Å². The number of hydrogen-bond donors (Lipinski definition) is 1. The molecule has 0 radical (unpaired) electrons. The third-order valence-corrected chi connectivity index (χ3v) is 1.48. The number of rotatable bonds is 2. The Bertz CT molecular complexity index is 233. The fourth-order valence-electron chi connectivity index (χ4n) is 0.717. The van der Waals surface area contributed by atoms with E-state index in [2.05, 4.69) is 12.6 Å². The lowest BCUT2D eigenvalue weighted by atomic mass is 10.2. The molecule has 0 spiro atoms. The number of carbonyl (C=O) groups excluding carboxylic acids is 1. The van der Waals surface area contributed by atoms with Gasteiger partial charge in [-0.2, -0.15) is 12.6 Å². The first kappa shape index (κ1) is 12.5. The second-order valence-electron chi connectivity index (χ2n) is 2.31. The van der Waals surface area contributed by atoms with Gasteiger partial charge in [0.25, 0.3) is 0 Å². The summed E-state index contributed by atoms with van der Waals surface area (Å²) in [5.41, 5.74) is 0.999. The maximum atomic E-state index is 10.0. The molecule has 13 heavy (non-hydrogen) atoms. The molecule has 0 N–H and O–H groups in total. The Kier molecular flexibility index (Phi) is 7.85. The summed E-state index contributed by atoms with van der Waals surface area (Å²) in [5.74, 6) is 0.944. The summed E-state index contributed by atoms with van der Waals surface area (Å²) in [6.45, 7) is 1.99. The molecule has 1 aromatic carbocycles. The minimum Gasteiger partial charge on any atom is -0.303 e. The first-order chi connectivity index (χ1) is 6.24. The van der Waals surface area contributed by atoms with E-state index in [1.54, 1.807) is 12.1 Å².